The molecule has 3 heteroatoms. The molecule has 0 aromatic heterocycles. The Morgan fingerprint density at radius 3 is 2.76 bits per heavy atom. The molecule has 1 aromatic carbocycles. The minimum Gasteiger partial charge on any atom is -0.330 e. The SMILES string of the molecule is Cc1cc(C)c2c(c1)N(C)C(=O)CC2CCN. The Balaban J connectivity index is 2.55. The summed E-state index contributed by atoms with van der Waals surface area (Å²) in [6, 6.07) is 4.29. The molecule has 0 saturated heterocycles. The van der Waals surface area contributed by atoms with Gasteiger partial charge in [-0.1, -0.05) is 6.07 Å². The summed E-state index contributed by atoms with van der Waals surface area (Å²) >= 11 is 0. The van der Waals surface area contributed by atoms with Crippen molar-refractivity contribution >= 4 is 11.6 Å². The van der Waals surface area contributed by atoms with Crippen LogP contribution in [0.25, 0.3) is 0 Å². The molecule has 0 spiro atoms. The molecule has 0 radical (unpaired) electrons. The zero-order valence-electron chi connectivity index (χ0n) is 10.8. The Morgan fingerprint density at radius 2 is 2.12 bits per heavy atom. The molecule has 92 valence electrons. The number of amides is 1. The summed E-state index contributed by atoms with van der Waals surface area (Å²) < 4.78 is 0. The van der Waals surface area contributed by atoms with Crippen molar-refractivity contribution in [3.63, 3.8) is 0 Å². The number of fused-ring (bicyclic) bond motifs is 1. The fourth-order valence-electron chi connectivity index (χ4n) is 2.80. The van der Waals surface area contributed by atoms with Gasteiger partial charge in [-0.05, 0) is 55.5 Å². The van der Waals surface area contributed by atoms with Crippen LogP contribution in [0.1, 0.15) is 35.4 Å². The molecule has 0 saturated carbocycles. The van der Waals surface area contributed by atoms with Crippen molar-refractivity contribution in [2.75, 3.05) is 18.5 Å². The number of carbonyl (C=O) groups is 1. The zero-order chi connectivity index (χ0) is 12.6. The maximum Gasteiger partial charge on any atom is 0.227 e. The van der Waals surface area contributed by atoms with Crippen molar-refractivity contribution in [3.8, 4) is 0 Å². The average Bonchev–Trinajstić information content (AvgIpc) is 2.25. The summed E-state index contributed by atoms with van der Waals surface area (Å²) in [6.07, 6.45) is 1.47. The fraction of sp³-hybridized carbons (Fsp3) is 0.500. The first-order valence-electron chi connectivity index (χ1n) is 6.12. The van der Waals surface area contributed by atoms with Crippen molar-refractivity contribution in [2.24, 2.45) is 5.73 Å². The molecular weight excluding hydrogens is 212 g/mol. The van der Waals surface area contributed by atoms with Gasteiger partial charge in [0.2, 0.25) is 5.91 Å². The summed E-state index contributed by atoms with van der Waals surface area (Å²) in [5, 5.41) is 0. The van der Waals surface area contributed by atoms with Crippen LogP contribution in [0.4, 0.5) is 5.69 Å². The van der Waals surface area contributed by atoms with Crippen LogP contribution < -0.4 is 10.6 Å². The van der Waals surface area contributed by atoms with Crippen LogP contribution in [0.5, 0.6) is 0 Å². The van der Waals surface area contributed by atoms with E-state index in [4.69, 9.17) is 5.73 Å². The monoisotopic (exact) mass is 232 g/mol. The van der Waals surface area contributed by atoms with E-state index in [-0.39, 0.29) is 5.91 Å². The Kier molecular flexibility index (Phi) is 3.20. The first-order valence-corrected chi connectivity index (χ1v) is 6.12. The molecule has 1 heterocycles. The molecule has 2 N–H and O–H groups in total. The first kappa shape index (κ1) is 12.1. The minimum atomic E-state index is 0.195. The summed E-state index contributed by atoms with van der Waals surface area (Å²) in [4.78, 5) is 13.7. The molecule has 3 nitrogen and oxygen atoms in total. The van der Waals surface area contributed by atoms with Gasteiger partial charge < -0.3 is 10.6 Å². The van der Waals surface area contributed by atoms with Gasteiger partial charge in [0.1, 0.15) is 0 Å². The molecule has 1 aliphatic rings. The van der Waals surface area contributed by atoms with Crippen molar-refractivity contribution in [2.45, 2.75) is 32.6 Å². The second-order valence-corrected chi connectivity index (χ2v) is 4.95. The van der Waals surface area contributed by atoms with Gasteiger partial charge in [0.25, 0.3) is 0 Å². The maximum atomic E-state index is 11.9. The highest BCUT2D eigenvalue weighted by Crippen LogP contribution is 2.39. The van der Waals surface area contributed by atoms with E-state index >= 15 is 0 Å². The number of nitrogens with two attached hydrogens (primary N) is 1. The molecule has 17 heavy (non-hydrogen) atoms. The third-order valence-electron chi connectivity index (χ3n) is 3.59. The Bertz CT molecular complexity index is 454. The van der Waals surface area contributed by atoms with E-state index in [1.54, 1.807) is 4.90 Å². The number of nitrogens with zero attached hydrogens (tertiary/aromatic N) is 1. The number of hydrogen-bond acceptors (Lipinski definition) is 2. The highest BCUT2D eigenvalue weighted by molar-refractivity contribution is 5.97. The normalized spacial score (nSPS) is 19.4. The van der Waals surface area contributed by atoms with Crippen molar-refractivity contribution in [3.05, 3.63) is 28.8 Å². The highest BCUT2D eigenvalue weighted by Gasteiger charge is 2.29. The number of hydrogen-bond donors (Lipinski definition) is 1. The van der Waals surface area contributed by atoms with Crippen molar-refractivity contribution < 1.29 is 4.79 Å². The van der Waals surface area contributed by atoms with E-state index in [1.165, 1.54) is 16.7 Å². The smallest absolute Gasteiger partial charge is 0.227 e. The fourth-order valence-corrected chi connectivity index (χ4v) is 2.80. The molecule has 2 rings (SSSR count). The average molecular weight is 232 g/mol. The Morgan fingerprint density at radius 1 is 1.41 bits per heavy atom. The van der Waals surface area contributed by atoms with E-state index in [9.17, 15) is 4.79 Å². The van der Waals surface area contributed by atoms with Crippen LogP contribution in [0, 0.1) is 13.8 Å². The van der Waals surface area contributed by atoms with Crippen LogP contribution in [-0.4, -0.2) is 19.5 Å². The molecular formula is C14H20N2O. The number of benzene rings is 1. The van der Waals surface area contributed by atoms with Crippen molar-refractivity contribution in [1.29, 1.82) is 0 Å². The third kappa shape index (κ3) is 2.07. The van der Waals surface area contributed by atoms with E-state index in [1.807, 2.05) is 7.05 Å². The van der Waals surface area contributed by atoms with Crippen LogP contribution in [-0.2, 0) is 4.79 Å². The Hall–Kier alpha value is -1.35. The van der Waals surface area contributed by atoms with E-state index in [0.29, 0.717) is 18.9 Å². The van der Waals surface area contributed by atoms with Gasteiger partial charge >= 0.3 is 0 Å². The van der Waals surface area contributed by atoms with E-state index in [2.05, 4.69) is 26.0 Å². The summed E-state index contributed by atoms with van der Waals surface area (Å²) in [6.45, 7) is 4.82. The topological polar surface area (TPSA) is 46.3 Å². The molecule has 0 fully saturated rings. The number of aryl methyl sites for hydroxylation is 2. The van der Waals surface area contributed by atoms with Gasteiger partial charge in [-0.3, -0.25) is 4.79 Å². The van der Waals surface area contributed by atoms with Crippen LogP contribution in [0.15, 0.2) is 12.1 Å². The highest BCUT2D eigenvalue weighted by atomic mass is 16.2. The predicted octanol–water partition coefficient (Wildman–Crippen LogP) is 2.10. The van der Waals surface area contributed by atoms with Gasteiger partial charge in [-0.25, -0.2) is 0 Å². The molecule has 0 bridgehead atoms. The standard InChI is InChI=1S/C14H20N2O/c1-9-6-10(2)14-11(4-5-15)8-13(17)16(3)12(14)7-9/h6-7,11H,4-5,8,15H2,1-3H3. The molecule has 1 aromatic rings. The largest absolute Gasteiger partial charge is 0.330 e. The van der Waals surface area contributed by atoms with Crippen LogP contribution >= 0.6 is 0 Å². The van der Waals surface area contributed by atoms with E-state index in [0.717, 1.165) is 12.1 Å². The lowest BCUT2D eigenvalue weighted by Gasteiger charge is -2.33. The van der Waals surface area contributed by atoms with Crippen LogP contribution in [0.3, 0.4) is 0 Å². The number of anilines is 1. The molecule has 0 aliphatic carbocycles. The summed E-state index contributed by atoms with van der Waals surface area (Å²) in [7, 11) is 1.86. The molecule has 1 aliphatic heterocycles. The number of carbonyl (C=O) groups excluding carboxylic acids is 1. The Labute approximate surface area is 103 Å². The van der Waals surface area contributed by atoms with Crippen LogP contribution in [0.2, 0.25) is 0 Å². The second kappa shape index (κ2) is 4.49. The maximum absolute atomic E-state index is 11.9. The molecule has 1 atom stereocenters. The van der Waals surface area contributed by atoms with Gasteiger partial charge in [0.15, 0.2) is 0 Å². The quantitative estimate of drug-likeness (QED) is 0.848. The first-order chi connectivity index (χ1) is 8.04. The summed E-state index contributed by atoms with van der Waals surface area (Å²) in [5.41, 5.74) is 10.5. The van der Waals surface area contributed by atoms with Gasteiger partial charge in [-0.2, -0.15) is 0 Å². The van der Waals surface area contributed by atoms with Gasteiger partial charge in [-0.15, -0.1) is 0 Å². The zero-order valence-corrected chi connectivity index (χ0v) is 10.8. The lowest BCUT2D eigenvalue weighted by Crippen LogP contribution is -2.34. The molecule has 1 unspecified atom stereocenters. The number of rotatable bonds is 2. The van der Waals surface area contributed by atoms with Gasteiger partial charge in [0, 0.05) is 19.2 Å². The predicted molar refractivity (Wildman–Crippen MR) is 70.4 cm³/mol. The lowest BCUT2D eigenvalue weighted by molar-refractivity contribution is -0.119. The van der Waals surface area contributed by atoms with Crippen molar-refractivity contribution in [1.82, 2.24) is 0 Å². The molecule has 1 amide bonds. The summed E-state index contributed by atoms with van der Waals surface area (Å²) in [5.74, 6) is 0.486. The third-order valence-corrected chi connectivity index (χ3v) is 3.59. The van der Waals surface area contributed by atoms with Gasteiger partial charge in [0.05, 0.1) is 0 Å². The van der Waals surface area contributed by atoms with E-state index < -0.39 is 0 Å². The minimum absolute atomic E-state index is 0.195. The second-order valence-electron chi connectivity index (χ2n) is 4.95. The lowest BCUT2D eigenvalue weighted by atomic mass is 9.83.